The molecule has 3 nitrogen and oxygen atoms in total. The summed E-state index contributed by atoms with van der Waals surface area (Å²) in [5.41, 5.74) is 9.89. The van der Waals surface area contributed by atoms with Crippen molar-refractivity contribution in [2.24, 2.45) is 0 Å². The molecule has 0 N–H and O–H groups in total. The molecule has 12 rings (SSSR count). The Balaban J connectivity index is 0.948. The molecule has 0 amide bonds. The predicted molar refractivity (Wildman–Crippen MR) is 241 cm³/mol. The van der Waals surface area contributed by atoms with Crippen LogP contribution in [-0.4, -0.2) is 14.5 Å². The van der Waals surface area contributed by atoms with Gasteiger partial charge in [-0.15, -0.1) is 0 Å². The molecule has 266 valence electrons. The fraction of sp³-hybridized carbons (Fsp3) is 0.0370. The molecule has 0 aliphatic carbocycles. The summed E-state index contributed by atoms with van der Waals surface area (Å²) < 4.78 is 2.29. The van der Waals surface area contributed by atoms with Gasteiger partial charge in [-0.3, -0.25) is 4.98 Å². The van der Waals surface area contributed by atoms with Crippen LogP contribution in [0.3, 0.4) is 0 Å². The van der Waals surface area contributed by atoms with Gasteiger partial charge in [-0.1, -0.05) is 146 Å². The summed E-state index contributed by atoms with van der Waals surface area (Å²) in [5.74, 6) is 1.000. The van der Waals surface area contributed by atoms with E-state index in [0.29, 0.717) is 0 Å². The summed E-state index contributed by atoms with van der Waals surface area (Å²) in [6, 6.07) is 64.4. The molecule has 57 heavy (non-hydrogen) atoms. The molecule has 0 atom stereocenters. The smallest absolute Gasteiger partial charge is 0.141 e. The van der Waals surface area contributed by atoms with Gasteiger partial charge >= 0.3 is 0 Å². The van der Waals surface area contributed by atoms with Crippen LogP contribution in [0.1, 0.15) is 6.92 Å². The third-order valence-electron chi connectivity index (χ3n) is 12.1. The van der Waals surface area contributed by atoms with Crippen molar-refractivity contribution in [3.63, 3.8) is 0 Å². The second-order valence-corrected chi connectivity index (χ2v) is 15.2. The molecular weight excluding hydrogens is 691 g/mol. The molecule has 0 spiro atoms. The van der Waals surface area contributed by atoms with Crippen LogP contribution in [0.25, 0.3) is 121 Å². The van der Waals surface area contributed by atoms with E-state index >= 15 is 0 Å². The molecule has 0 saturated heterocycles. The largest absolute Gasteiger partial charge is 0.324 e. The highest BCUT2D eigenvalue weighted by molar-refractivity contribution is 6.37. The van der Waals surface area contributed by atoms with Crippen LogP contribution in [0, 0.1) is 0 Å². The quantitative estimate of drug-likeness (QED) is 0.165. The lowest BCUT2D eigenvalue weighted by atomic mass is 9.86. The molecule has 0 bridgehead atoms. The summed E-state index contributed by atoms with van der Waals surface area (Å²) in [5, 5.41) is 15.5. The van der Waals surface area contributed by atoms with Gasteiger partial charge in [0, 0.05) is 29.4 Å². The average Bonchev–Trinajstić information content (AvgIpc) is 3.66. The third-order valence-corrected chi connectivity index (χ3v) is 12.1. The van der Waals surface area contributed by atoms with E-state index in [1.807, 2.05) is 12.3 Å². The van der Waals surface area contributed by atoms with Crippen LogP contribution < -0.4 is 0 Å². The SMILES string of the molecule is CCn1c(-c2ccccc2)nc2cc(-c3ccc(-c4ccc(-c5cc6ccc7cccc8c9cccc%10ccc%11cccc(c(c5)c6c78)c%11c%109)cc4)nc3)ccc21. The average molecular weight is 726 g/mol. The first-order valence-corrected chi connectivity index (χ1v) is 19.8. The fourth-order valence-electron chi connectivity index (χ4n) is 9.46. The molecule has 12 aromatic rings. The molecule has 0 aliphatic rings. The normalized spacial score (nSPS) is 12.0. The highest BCUT2D eigenvalue weighted by Gasteiger charge is 2.17. The van der Waals surface area contributed by atoms with Gasteiger partial charge in [0.05, 0.1) is 16.7 Å². The highest BCUT2D eigenvalue weighted by Crippen LogP contribution is 2.44. The number of fused-ring (bicyclic) bond motifs is 3. The Hall–Kier alpha value is -7.36. The lowest BCUT2D eigenvalue weighted by Crippen LogP contribution is -1.97. The first kappa shape index (κ1) is 31.9. The Morgan fingerprint density at radius 3 is 1.61 bits per heavy atom. The van der Waals surface area contributed by atoms with Crippen LogP contribution >= 0.6 is 0 Å². The Kier molecular flexibility index (Phi) is 6.91. The van der Waals surface area contributed by atoms with E-state index in [-0.39, 0.29) is 0 Å². The maximum atomic E-state index is 5.06. The number of aryl methyl sites for hydroxylation is 1. The van der Waals surface area contributed by atoms with E-state index in [9.17, 15) is 0 Å². The number of benzene rings is 9. The molecule has 2 heterocycles. The molecular formula is C54H35N3. The van der Waals surface area contributed by atoms with Crippen LogP contribution in [0.15, 0.2) is 182 Å². The topological polar surface area (TPSA) is 30.7 Å². The number of nitrogens with zero attached hydrogens (tertiary/aromatic N) is 3. The Labute approximate surface area is 329 Å². The van der Waals surface area contributed by atoms with Crippen LogP contribution in [0.5, 0.6) is 0 Å². The van der Waals surface area contributed by atoms with Crippen molar-refractivity contribution in [3.05, 3.63) is 182 Å². The maximum Gasteiger partial charge on any atom is 0.141 e. The summed E-state index contributed by atoms with van der Waals surface area (Å²) >= 11 is 0. The number of pyridine rings is 1. The number of aromatic nitrogens is 3. The highest BCUT2D eigenvalue weighted by atomic mass is 15.1. The minimum Gasteiger partial charge on any atom is -0.324 e. The summed E-state index contributed by atoms with van der Waals surface area (Å²) in [6.07, 6.45) is 1.98. The Bertz CT molecular complexity index is 3520. The van der Waals surface area contributed by atoms with Crippen LogP contribution in [0.2, 0.25) is 0 Å². The van der Waals surface area contributed by atoms with E-state index in [1.54, 1.807) is 0 Å². The number of rotatable bonds is 5. The number of hydrogen-bond donors (Lipinski definition) is 0. The lowest BCUT2D eigenvalue weighted by Gasteiger charge is -2.17. The van der Waals surface area contributed by atoms with Gasteiger partial charge in [0.1, 0.15) is 5.82 Å². The van der Waals surface area contributed by atoms with Gasteiger partial charge in [-0.25, -0.2) is 4.98 Å². The zero-order valence-corrected chi connectivity index (χ0v) is 31.4. The van der Waals surface area contributed by atoms with E-state index in [4.69, 9.17) is 9.97 Å². The summed E-state index contributed by atoms with van der Waals surface area (Å²) in [7, 11) is 0. The first-order valence-electron chi connectivity index (χ1n) is 19.8. The van der Waals surface area contributed by atoms with Crippen molar-refractivity contribution < 1.29 is 0 Å². The predicted octanol–water partition coefficient (Wildman–Crippen LogP) is 14.5. The standard InChI is InChI=1S/C54H35N3/c1-2-57-49-28-26-39(31-48(49)56-54(57)38-9-4-3-5-10-38)41-25-27-47(55-32-41)34-19-17-33(18-20-34)42-29-40-24-23-37-12-7-15-44-43-14-6-11-35-21-22-36-13-8-16-45(52(36)50(35)43)46(30-42)53(40)51(37)44/h3-32H,2H2,1H3. The van der Waals surface area contributed by atoms with Crippen molar-refractivity contribution in [1.29, 1.82) is 0 Å². The van der Waals surface area contributed by atoms with Gasteiger partial charge in [0.2, 0.25) is 0 Å². The lowest BCUT2D eigenvalue weighted by molar-refractivity contribution is 0.796. The van der Waals surface area contributed by atoms with Gasteiger partial charge in [-0.05, 0) is 119 Å². The van der Waals surface area contributed by atoms with Crippen molar-refractivity contribution in [3.8, 4) is 44.9 Å². The van der Waals surface area contributed by atoms with E-state index < -0.39 is 0 Å². The van der Waals surface area contributed by atoms with Crippen molar-refractivity contribution >= 4 is 75.7 Å². The van der Waals surface area contributed by atoms with Gasteiger partial charge in [-0.2, -0.15) is 0 Å². The zero-order valence-electron chi connectivity index (χ0n) is 31.4. The van der Waals surface area contributed by atoms with Gasteiger partial charge in [0.15, 0.2) is 0 Å². The molecule has 3 heteroatoms. The van der Waals surface area contributed by atoms with Crippen molar-refractivity contribution in [2.75, 3.05) is 0 Å². The second-order valence-electron chi connectivity index (χ2n) is 15.2. The van der Waals surface area contributed by atoms with Gasteiger partial charge in [0.25, 0.3) is 0 Å². The maximum absolute atomic E-state index is 5.06. The molecule has 0 aliphatic heterocycles. The van der Waals surface area contributed by atoms with E-state index in [2.05, 4.69) is 181 Å². The monoisotopic (exact) mass is 725 g/mol. The molecule has 0 fully saturated rings. The molecule has 0 saturated carbocycles. The number of imidazole rings is 1. The Morgan fingerprint density at radius 2 is 0.982 bits per heavy atom. The van der Waals surface area contributed by atoms with Gasteiger partial charge < -0.3 is 4.57 Å². The Morgan fingerprint density at radius 1 is 0.404 bits per heavy atom. The zero-order chi connectivity index (χ0) is 37.6. The van der Waals surface area contributed by atoms with Crippen molar-refractivity contribution in [2.45, 2.75) is 13.5 Å². The molecule has 2 aromatic heterocycles. The summed E-state index contributed by atoms with van der Waals surface area (Å²) in [4.78, 5) is 10.0. The van der Waals surface area contributed by atoms with Crippen molar-refractivity contribution in [1.82, 2.24) is 14.5 Å². The second kappa shape index (κ2) is 12.3. The number of hydrogen-bond acceptors (Lipinski definition) is 2. The summed E-state index contributed by atoms with van der Waals surface area (Å²) in [6.45, 7) is 3.03. The molecule has 0 radical (unpaired) electrons. The van der Waals surface area contributed by atoms with Crippen LogP contribution in [0.4, 0.5) is 0 Å². The first-order chi connectivity index (χ1) is 28.2. The van der Waals surface area contributed by atoms with E-state index in [1.165, 1.54) is 75.8 Å². The van der Waals surface area contributed by atoms with E-state index in [0.717, 1.165) is 51.4 Å². The van der Waals surface area contributed by atoms with Crippen LogP contribution in [-0.2, 0) is 6.54 Å². The molecule has 10 aromatic carbocycles. The third kappa shape index (κ3) is 4.85. The molecule has 0 unspecified atom stereocenters. The minimum atomic E-state index is 0.859. The minimum absolute atomic E-state index is 0.859. The fourth-order valence-corrected chi connectivity index (χ4v) is 9.46.